The second kappa shape index (κ2) is 5.35. The third-order valence-corrected chi connectivity index (χ3v) is 0.431. The third kappa shape index (κ3) is 9.51. The topological polar surface area (TPSA) is 43.1 Å². The first-order valence-electron chi connectivity index (χ1n) is 2.07. The maximum Gasteiger partial charge on any atom is 1.00 e. The van der Waals surface area contributed by atoms with Crippen molar-refractivity contribution in [3.05, 3.63) is 11.8 Å². The van der Waals surface area contributed by atoms with Crippen LogP contribution in [0.3, 0.4) is 0 Å². The molecule has 0 aliphatic rings. The predicted octanol–water partition coefficient (Wildman–Crippen LogP) is -2.45. The summed E-state index contributed by atoms with van der Waals surface area (Å²) < 4.78 is 0. The Balaban J connectivity index is -0.000000180. The zero-order chi connectivity index (χ0) is 5.86. The van der Waals surface area contributed by atoms with Gasteiger partial charge in [0.25, 0.3) is 0 Å². The molecule has 0 fully saturated rings. The van der Waals surface area contributed by atoms with Gasteiger partial charge in [0, 0.05) is 5.70 Å². The zero-order valence-electron chi connectivity index (χ0n) is 6.56. The van der Waals surface area contributed by atoms with E-state index in [0.717, 1.165) is 0 Å². The zero-order valence-corrected chi connectivity index (χ0v) is 7.56. The van der Waals surface area contributed by atoms with Crippen LogP contribution in [-0.2, 0) is 4.79 Å². The van der Waals surface area contributed by atoms with E-state index in [1.54, 1.807) is 6.92 Å². The third-order valence-electron chi connectivity index (χ3n) is 0.431. The Morgan fingerprint density at radius 2 is 2.00 bits per heavy atom. The van der Waals surface area contributed by atoms with Crippen LogP contribution < -0.4 is 35.3 Å². The molecule has 0 spiro atoms. The van der Waals surface area contributed by atoms with Crippen LogP contribution >= 0.6 is 0 Å². The summed E-state index contributed by atoms with van der Waals surface area (Å²) in [6.45, 7) is 3.15. The number of allylic oxidation sites excluding steroid dienone is 2. The van der Waals surface area contributed by atoms with Gasteiger partial charge in [-0.15, -0.1) is 0 Å². The molecule has 2 N–H and O–H groups in total. The van der Waals surface area contributed by atoms with E-state index in [2.05, 4.69) is 0 Å². The molecule has 0 radical (unpaired) electrons. The first-order chi connectivity index (χ1) is 3.13. The molecule has 0 aliphatic carbocycles. The van der Waals surface area contributed by atoms with Gasteiger partial charge in [-0.05, 0) is 19.9 Å². The molecule has 0 aliphatic heterocycles. The first kappa shape index (κ1) is 11.1. The van der Waals surface area contributed by atoms with Crippen molar-refractivity contribution in [1.29, 1.82) is 0 Å². The van der Waals surface area contributed by atoms with E-state index in [4.69, 9.17) is 5.73 Å². The number of carbonyl (C=O) groups is 1. The second-order valence-corrected chi connectivity index (χ2v) is 1.50. The number of rotatable bonds is 1. The van der Waals surface area contributed by atoms with E-state index in [1.165, 1.54) is 13.0 Å². The van der Waals surface area contributed by atoms with Crippen molar-refractivity contribution in [2.75, 3.05) is 0 Å². The van der Waals surface area contributed by atoms with Gasteiger partial charge in [0.05, 0.1) is 0 Å². The average molecular weight is 123 g/mol. The molecule has 0 unspecified atom stereocenters. The minimum atomic E-state index is 0. The molecule has 0 aromatic rings. The molecule has 42 valence electrons. The van der Waals surface area contributed by atoms with E-state index in [1.807, 2.05) is 0 Å². The van der Waals surface area contributed by atoms with Gasteiger partial charge in [0.2, 0.25) is 0 Å². The molecule has 2 nitrogen and oxygen atoms in total. The van der Waals surface area contributed by atoms with Crippen LogP contribution in [0.5, 0.6) is 0 Å². The molecule has 0 bridgehead atoms. The van der Waals surface area contributed by atoms with Gasteiger partial charge in [-0.3, -0.25) is 4.79 Å². The van der Waals surface area contributed by atoms with E-state index in [9.17, 15) is 4.79 Å². The van der Waals surface area contributed by atoms with Crippen molar-refractivity contribution >= 4 is 5.78 Å². The monoisotopic (exact) mass is 123 g/mol. The summed E-state index contributed by atoms with van der Waals surface area (Å²) in [5.41, 5.74) is 5.70. The van der Waals surface area contributed by atoms with E-state index in [0.29, 0.717) is 5.70 Å². The molecule has 3 heteroatoms. The van der Waals surface area contributed by atoms with Crippen LogP contribution in [0.2, 0.25) is 0 Å². The molecule has 0 aromatic heterocycles. The fourth-order valence-corrected chi connectivity index (χ4v) is 0.321. The van der Waals surface area contributed by atoms with Crippen molar-refractivity contribution in [2.45, 2.75) is 13.8 Å². The number of nitrogens with two attached hydrogens (primary N) is 1. The van der Waals surface area contributed by atoms with Crippen molar-refractivity contribution in [1.82, 2.24) is 0 Å². The summed E-state index contributed by atoms with van der Waals surface area (Å²) in [6.07, 6.45) is 1.39. The van der Waals surface area contributed by atoms with Crippen LogP contribution in [0.25, 0.3) is 0 Å². The van der Waals surface area contributed by atoms with E-state index in [-0.39, 0.29) is 36.8 Å². The molecular formula is C5H10NNaO. The molecule has 8 heavy (non-hydrogen) atoms. The largest absolute Gasteiger partial charge is 1.00 e. The SMILES string of the molecule is CC(=O)/C=C(/C)N.[H-].[Na+]. The predicted molar refractivity (Wildman–Crippen MR) is 29.7 cm³/mol. The summed E-state index contributed by atoms with van der Waals surface area (Å²) in [5.74, 6) is 0.000000000000000444. The molecule has 0 heterocycles. The van der Waals surface area contributed by atoms with Gasteiger partial charge in [-0.25, -0.2) is 0 Å². The van der Waals surface area contributed by atoms with Crippen molar-refractivity contribution in [3.63, 3.8) is 0 Å². The second-order valence-electron chi connectivity index (χ2n) is 1.50. The van der Waals surface area contributed by atoms with Crippen molar-refractivity contribution < 1.29 is 35.8 Å². The van der Waals surface area contributed by atoms with Crippen LogP contribution in [0.4, 0.5) is 0 Å². The van der Waals surface area contributed by atoms with Crippen molar-refractivity contribution in [3.8, 4) is 0 Å². The van der Waals surface area contributed by atoms with Gasteiger partial charge in [-0.1, -0.05) is 0 Å². The maximum absolute atomic E-state index is 10.1. The summed E-state index contributed by atoms with van der Waals surface area (Å²) in [7, 11) is 0. The quantitative estimate of drug-likeness (QED) is 0.311. The summed E-state index contributed by atoms with van der Waals surface area (Å²) in [6, 6.07) is 0. The fraction of sp³-hybridized carbons (Fsp3) is 0.400. The number of hydrogen-bond acceptors (Lipinski definition) is 2. The number of carbonyl (C=O) groups excluding carboxylic acids is 1. The molecule has 0 atom stereocenters. The van der Waals surface area contributed by atoms with Crippen molar-refractivity contribution in [2.24, 2.45) is 5.73 Å². The molecule has 0 aromatic carbocycles. The van der Waals surface area contributed by atoms with Gasteiger partial charge in [0.15, 0.2) is 5.78 Å². The summed E-state index contributed by atoms with van der Waals surface area (Å²) >= 11 is 0. The van der Waals surface area contributed by atoms with Gasteiger partial charge >= 0.3 is 29.6 Å². The van der Waals surface area contributed by atoms with Crippen LogP contribution in [0.15, 0.2) is 11.8 Å². The number of hydrogen-bond donors (Lipinski definition) is 1. The van der Waals surface area contributed by atoms with Crippen LogP contribution in [-0.4, -0.2) is 5.78 Å². The molecule has 0 rings (SSSR count). The number of ketones is 1. The summed E-state index contributed by atoms with van der Waals surface area (Å²) in [4.78, 5) is 10.1. The Labute approximate surface area is 72.9 Å². The Hall–Kier alpha value is 0.210. The minimum absolute atomic E-state index is 0. The average Bonchev–Trinajstić information content (AvgIpc) is 1.27. The molecule has 0 amide bonds. The standard InChI is InChI=1S/C5H9NO.Na.H/c1-4(6)3-5(2)7;;/h3H,6H2,1-2H3;;/q;+1;-1/b4-3-;;. The Morgan fingerprint density at radius 1 is 1.62 bits per heavy atom. The molecular weight excluding hydrogens is 113 g/mol. The van der Waals surface area contributed by atoms with E-state index < -0.39 is 0 Å². The van der Waals surface area contributed by atoms with Crippen LogP contribution in [0, 0.1) is 0 Å². The Morgan fingerprint density at radius 3 is 2.00 bits per heavy atom. The van der Waals surface area contributed by atoms with Gasteiger partial charge in [0.1, 0.15) is 0 Å². The minimum Gasteiger partial charge on any atom is -1.00 e. The normalized spacial score (nSPS) is 10.0. The van der Waals surface area contributed by atoms with Gasteiger partial charge in [-0.2, -0.15) is 0 Å². The molecule has 0 saturated carbocycles. The Kier molecular flexibility index (Phi) is 7.40. The Bertz CT molecular complexity index is 110. The molecule has 0 saturated heterocycles. The smallest absolute Gasteiger partial charge is 1.00 e. The fourth-order valence-electron chi connectivity index (χ4n) is 0.321. The maximum atomic E-state index is 10.1. The van der Waals surface area contributed by atoms with E-state index >= 15 is 0 Å². The first-order valence-corrected chi connectivity index (χ1v) is 2.07. The van der Waals surface area contributed by atoms with Gasteiger partial charge < -0.3 is 7.16 Å². The van der Waals surface area contributed by atoms with Crippen LogP contribution in [0.1, 0.15) is 15.3 Å². The summed E-state index contributed by atoms with van der Waals surface area (Å²) in [5, 5.41) is 0.